The molecule has 0 aromatic carbocycles. The molecule has 0 spiro atoms. The van der Waals surface area contributed by atoms with Crippen LogP contribution in [0.5, 0.6) is 0 Å². The number of aromatic nitrogens is 2. The first-order valence-corrected chi connectivity index (χ1v) is 6.82. The van der Waals surface area contributed by atoms with Gasteiger partial charge in [-0.1, -0.05) is 0 Å². The third-order valence-electron chi connectivity index (χ3n) is 3.59. The van der Waals surface area contributed by atoms with Gasteiger partial charge in [-0.3, -0.25) is 4.79 Å². The van der Waals surface area contributed by atoms with Gasteiger partial charge in [-0.2, -0.15) is 13.2 Å². The molecule has 0 bridgehead atoms. The van der Waals surface area contributed by atoms with E-state index in [0.29, 0.717) is 0 Å². The number of hydrogen-bond donors (Lipinski definition) is 3. The van der Waals surface area contributed by atoms with Gasteiger partial charge in [-0.15, -0.1) is 0 Å². The van der Waals surface area contributed by atoms with E-state index in [1.54, 1.807) is 0 Å². The van der Waals surface area contributed by atoms with Gasteiger partial charge in [0, 0.05) is 0 Å². The minimum absolute atomic E-state index is 0.0349. The molecule has 1 saturated heterocycles. The van der Waals surface area contributed by atoms with Crippen LogP contribution in [0.25, 0.3) is 0 Å². The van der Waals surface area contributed by atoms with Crippen LogP contribution in [0.3, 0.4) is 0 Å². The van der Waals surface area contributed by atoms with E-state index in [9.17, 15) is 23.1 Å². The van der Waals surface area contributed by atoms with Gasteiger partial charge in [0.25, 0.3) is 5.91 Å². The summed E-state index contributed by atoms with van der Waals surface area (Å²) in [4.78, 5) is 19.4. The number of carbonyl (C=O) groups is 1. The average Bonchev–Trinajstić information content (AvgIpc) is 2.91. The van der Waals surface area contributed by atoms with E-state index >= 15 is 0 Å². The van der Waals surface area contributed by atoms with E-state index < -0.39 is 36.5 Å². The third kappa shape index (κ3) is 3.77. The van der Waals surface area contributed by atoms with Gasteiger partial charge in [-0.05, 0) is 19.8 Å². The van der Waals surface area contributed by atoms with E-state index in [0.717, 1.165) is 6.92 Å². The van der Waals surface area contributed by atoms with Crippen LogP contribution in [0.2, 0.25) is 0 Å². The summed E-state index contributed by atoms with van der Waals surface area (Å²) >= 11 is 0. The fraction of sp³-hybridized carbons (Fsp3) is 0.615. The Hall–Kier alpha value is -1.78. The molecular weight excluding hydrogens is 319 g/mol. The van der Waals surface area contributed by atoms with Crippen LogP contribution in [0, 0.1) is 0 Å². The monoisotopic (exact) mass is 335 g/mol. The molecule has 1 aromatic rings. The number of aliphatic hydroxyl groups is 2. The molecule has 2 rings (SSSR count). The summed E-state index contributed by atoms with van der Waals surface area (Å²) in [6, 6.07) is 0. The van der Waals surface area contributed by atoms with Gasteiger partial charge < -0.3 is 20.3 Å². The van der Waals surface area contributed by atoms with Crippen LogP contribution in [0.15, 0.2) is 12.4 Å². The summed E-state index contributed by atoms with van der Waals surface area (Å²) in [5.74, 6) is -0.760. The molecule has 3 N–H and O–H groups in total. The van der Waals surface area contributed by atoms with Gasteiger partial charge >= 0.3 is 6.18 Å². The number of alkyl halides is 3. The van der Waals surface area contributed by atoms with E-state index in [1.165, 1.54) is 12.4 Å². The van der Waals surface area contributed by atoms with Crippen LogP contribution >= 0.6 is 0 Å². The SMILES string of the molecule is CC1(C(F)(F)F)CCC(C(=O)Nc2cnc([C@@H](O)CO)nc2)O1. The van der Waals surface area contributed by atoms with E-state index in [1.807, 2.05) is 0 Å². The van der Waals surface area contributed by atoms with Crippen molar-refractivity contribution in [3.63, 3.8) is 0 Å². The Morgan fingerprint density at radius 1 is 1.52 bits per heavy atom. The van der Waals surface area contributed by atoms with Crippen molar-refractivity contribution in [3.05, 3.63) is 18.2 Å². The van der Waals surface area contributed by atoms with E-state index in [2.05, 4.69) is 15.3 Å². The standard InChI is InChI=1S/C13H16F3N3O4/c1-12(13(14,15)16)3-2-9(23-12)11(22)19-7-4-17-10(18-5-7)8(21)6-20/h4-5,8-9,20-21H,2-3,6H2,1H3,(H,19,22)/t8-,9?,12?/m0/s1. The lowest BCUT2D eigenvalue weighted by molar-refractivity contribution is -0.261. The highest BCUT2D eigenvalue weighted by Gasteiger charge is 2.57. The molecule has 1 aliphatic rings. The second kappa shape index (κ2) is 6.38. The summed E-state index contributed by atoms with van der Waals surface area (Å²) in [5, 5.41) is 20.4. The maximum atomic E-state index is 12.8. The fourth-order valence-corrected chi connectivity index (χ4v) is 2.11. The molecule has 7 nitrogen and oxygen atoms in total. The smallest absolute Gasteiger partial charge is 0.393 e. The Bertz CT molecular complexity index is 567. The largest absolute Gasteiger partial charge is 0.417 e. The molecule has 0 aliphatic carbocycles. The van der Waals surface area contributed by atoms with Crippen LogP contribution in [-0.4, -0.2) is 50.6 Å². The number of ether oxygens (including phenoxy) is 1. The van der Waals surface area contributed by atoms with Crippen molar-refractivity contribution >= 4 is 11.6 Å². The summed E-state index contributed by atoms with van der Waals surface area (Å²) in [6.07, 6.45) is -5.01. The highest BCUT2D eigenvalue weighted by Crippen LogP contribution is 2.43. The first kappa shape index (κ1) is 17.6. The number of carbonyl (C=O) groups excluding carboxylic acids is 1. The van der Waals surface area contributed by atoms with Crippen molar-refractivity contribution in [2.75, 3.05) is 11.9 Å². The summed E-state index contributed by atoms with van der Waals surface area (Å²) < 4.78 is 43.4. The Morgan fingerprint density at radius 2 is 2.13 bits per heavy atom. The van der Waals surface area contributed by atoms with Crippen molar-refractivity contribution in [1.82, 2.24) is 9.97 Å². The average molecular weight is 335 g/mol. The van der Waals surface area contributed by atoms with Crippen LogP contribution in [-0.2, 0) is 9.53 Å². The number of halogens is 3. The van der Waals surface area contributed by atoms with Crippen LogP contribution in [0.1, 0.15) is 31.7 Å². The lowest BCUT2D eigenvalue weighted by Crippen LogP contribution is -2.43. The number of rotatable bonds is 4. The lowest BCUT2D eigenvalue weighted by Gasteiger charge is -2.27. The van der Waals surface area contributed by atoms with E-state index in [-0.39, 0.29) is 24.4 Å². The normalized spacial score (nSPS) is 26.1. The van der Waals surface area contributed by atoms with Gasteiger partial charge in [0.1, 0.15) is 12.2 Å². The van der Waals surface area contributed by atoms with Crippen molar-refractivity contribution in [3.8, 4) is 0 Å². The van der Waals surface area contributed by atoms with Gasteiger partial charge in [0.15, 0.2) is 11.4 Å². The highest BCUT2D eigenvalue weighted by atomic mass is 19.4. The second-order valence-corrected chi connectivity index (χ2v) is 5.39. The minimum Gasteiger partial charge on any atom is -0.393 e. The second-order valence-electron chi connectivity index (χ2n) is 5.39. The van der Waals surface area contributed by atoms with Gasteiger partial charge in [0.2, 0.25) is 0 Å². The Balaban J connectivity index is 1.98. The molecule has 3 atom stereocenters. The first-order valence-electron chi connectivity index (χ1n) is 6.82. The van der Waals surface area contributed by atoms with Crippen molar-refractivity contribution in [2.45, 2.75) is 43.8 Å². The van der Waals surface area contributed by atoms with Crippen molar-refractivity contribution in [2.24, 2.45) is 0 Å². The summed E-state index contributed by atoms with van der Waals surface area (Å²) in [7, 11) is 0. The predicted molar refractivity (Wildman–Crippen MR) is 71.3 cm³/mol. The van der Waals surface area contributed by atoms with Gasteiger partial charge in [0.05, 0.1) is 24.7 Å². The molecule has 1 aliphatic heterocycles. The zero-order valence-corrected chi connectivity index (χ0v) is 12.2. The maximum absolute atomic E-state index is 12.8. The maximum Gasteiger partial charge on any atom is 0.417 e. The van der Waals surface area contributed by atoms with E-state index in [4.69, 9.17) is 9.84 Å². The topological polar surface area (TPSA) is 105 Å². The molecule has 1 fully saturated rings. The number of nitrogens with zero attached hydrogens (tertiary/aromatic N) is 2. The molecule has 0 radical (unpaired) electrons. The quantitative estimate of drug-likeness (QED) is 0.756. The van der Waals surface area contributed by atoms with Crippen LogP contribution < -0.4 is 5.32 Å². The molecule has 2 heterocycles. The zero-order valence-electron chi connectivity index (χ0n) is 12.2. The van der Waals surface area contributed by atoms with Crippen molar-refractivity contribution < 1.29 is 32.9 Å². The molecule has 0 saturated carbocycles. The third-order valence-corrected chi connectivity index (χ3v) is 3.59. The van der Waals surface area contributed by atoms with Gasteiger partial charge in [-0.25, -0.2) is 9.97 Å². The Morgan fingerprint density at radius 3 is 2.61 bits per heavy atom. The molecule has 10 heteroatoms. The lowest BCUT2D eigenvalue weighted by atomic mass is 10.0. The first-order chi connectivity index (χ1) is 10.7. The minimum atomic E-state index is -4.55. The molecule has 23 heavy (non-hydrogen) atoms. The number of amides is 1. The Labute approximate surface area is 129 Å². The van der Waals surface area contributed by atoms with Crippen molar-refractivity contribution in [1.29, 1.82) is 0 Å². The molecule has 128 valence electrons. The molecule has 1 amide bonds. The number of nitrogens with one attached hydrogen (secondary N) is 1. The number of hydrogen-bond acceptors (Lipinski definition) is 6. The zero-order chi connectivity index (χ0) is 17.3. The Kier molecular flexibility index (Phi) is 4.87. The number of aliphatic hydroxyl groups excluding tert-OH is 2. The molecular formula is C13H16F3N3O4. The number of anilines is 1. The highest BCUT2D eigenvalue weighted by molar-refractivity contribution is 5.94. The molecule has 1 aromatic heterocycles. The fourth-order valence-electron chi connectivity index (χ4n) is 2.11. The predicted octanol–water partition coefficient (Wildman–Crippen LogP) is 0.941. The summed E-state index contributed by atoms with van der Waals surface area (Å²) in [5.41, 5.74) is -2.19. The molecule has 2 unspecified atom stereocenters. The summed E-state index contributed by atoms with van der Waals surface area (Å²) in [6.45, 7) is 0.353. The van der Waals surface area contributed by atoms with Crippen LogP contribution in [0.4, 0.5) is 18.9 Å².